The van der Waals surface area contributed by atoms with Gasteiger partial charge in [0.15, 0.2) is 5.69 Å². The van der Waals surface area contributed by atoms with E-state index in [0.29, 0.717) is 11.3 Å². The number of nitrogens with zero attached hydrogens (tertiary/aromatic N) is 3. The van der Waals surface area contributed by atoms with Crippen molar-refractivity contribution in [2.45, 2.75) is 0 Å². The van der Waals surface area contributed by atoms with Crippen LogP contribution in [0, 0.1) is 11.3 Å². The maximum absolute atomic E-state index is 12.1. The van der Waals surface area contributed by atoms with Crippen LogP contribution in [-0.2, 0) is 0 Å². The molecule has 0 unspecified atom stereocenters. The summed E-state index contributed by atoms with van der Waals surface area (Å²) in [6, 6.07) is 9.46. The molecule has 20 heavy (non-hydrogen) atoms. The maximum Gasteiger partial charge on any atom is 0.374 e. The molecule has 1 amide bonds. The molecule has 0 spiro atoms. The van der Waals surface area contributed by atoms with E-state index in [0.717, 1.165) is 6.07 Å². The van der Waals surface area contributed by atoms with Crippen LogP contribution in [0.1, 0.15) is 26.6 Å². The number of hydrogen-bond acceptors (Lipinski definition) is 5. The van der Waals surface area contributed by atoms with Gasteiger partial charge in [-0.1, -0.05) is 11.2 Å². The van der Waals surface area contributed by atoms with E-state index < -0.39 is 17.6 Å². The Morgan fingerprint density at radius 2 is 2.15 bits per heavy atom. The number of anilines is 1. The Labute approximate surface area is 113 Å². The number of carboxylic acids is 1. The molecule has 2 aromatic rings. The summed E-state index contributed by atoms with van der Waals surface area (Å²) in [5.41, 5.74) is 0.787. The maximum atomic E-state index is 12.1. The minimum absolute atomic E-state index is 0.118. The summed E-state index contributed by atoms with van der Waals surface area (Å²) in [7, 11) is 1.49. The summed E-state index contributed by atoms with van der Waals surface area (Å²) in [6.45, 7) is 0. The normalized spacial score (nSPS) is 9.80. The Balaban J connectivity index is 2.27. The van der Waals surface area contributed by atoms with Gasteiger partial charge in [0, 0.05) is 18.8 Å². The molecule has 7 nitrogen and oxygen atoms in total. The Hall–Kier alpha value is -3.14. The number of amides is 1. The lowest BCUT2D eigenvalue weighted by Crippen LogP contribution is -2.26. The van der Waals surface area contributed by atoms with E-state index in [1.165, 1.54) is 18.0 Å². The number of nitriles is 1. The highest BCUT2D eigenvalue weighted by Gasteiger charge is 2.20. The Morgan fingerprint density at radius 1 is 1.40 bits per heavy atom. The lowest BCUT2D eigenvalue weighted by atomic mass is 10.2. The largest absolute Gasteiger partial charge is 0.475 e. The van der Waals surface area contributed by atoms with Crippen LogP contribution in [-0.4, -0.2) is 29.2 Å². The smallest absolute Gasteiger partial charge is 0.374 e. The molecule has 0 aliphatic rings. The summed E-state index contributed by atoms with van der Waals surface area (Å²) in [5.74, 6) is -2.24. The molecule has 0 aliphatic carbocycles. The molecule has 0 fully saturated rings. The number of carboxylic acid groups (broad SMARTS) is 1. The molecule has 1 heterocycles. The van der Waals surface area contributed by atoms with Gasteiger partial charge in [-0.3, -0.25) is 4.79 Å². The fourth-order valence-corrected chi connectivity index (χ4v) is 1.55. The van der Waals surface area contributed by atoms with Crippen molar-refractivity contribution in [1.82, 2.24) is 5.16 Å². The first-order chi connectivity index (χ1) is 9.52. The second kappa shape index (κ2) is 5.24. The molecule has 2 rings (SSSR count). The quantitative estimate of drug-likeness (QED) is 0.906. The fourth-order valence-electron chi connectivity index (χ4n) is 1.55. The second-order valence-electron chi connectivity index (χ2n) is 3.91. The monoisotopic (exact) mass is 271 g/mol. The average Bonchev–Trinajstić information content (AvgIpc) is 2.95. The van der Waals surface area contributed by atoms with Crippen LogP contribution in [0.4, 0.5) is 5.69 Å². The van der Waals surface area contributed by atoms with Crippen LogP contribution in [0.25, 0.3) is 0 Å². The zero-order valence-corrected chi connectivity index (χ0v) is 10.4. The van der Waals surface area contributed by atoms with Crippen molar-refractivity contribution in [2.75, 3.05) is 11.9 Å². The van der Waals surface area contributed by atoms with Crippen LogP contribution < -0.4 is 4.90 Å². The van der Waals surface area contributed by atoms with Crippen LogP contribution in [0.15, 0.2) is 34.9 Å². The van der Waals surface area contributed by atoms with Gasteiger partial charge < -0.3 is 14.5 Å². The van der Waals surface area contributed by atoms with Crippen molar-refractivity contribution in [2.24, 2.45) is 0 Å². The van der Waals surface area contributed by atoms with Crippen LogP contribution >= 0.6 is 0 Å². The van der Waals surface area contributed by atoms with E-state index in [1.807, 2.05) is 6.07 Å². The first-order valence-electron chi connectivity index (χ1n) is 5.51. The lowest BCUT2D eigenvalue weighted by Gasteiger charge is -2.15. The van der Waals surface area contributed by atoms with E-state index >= 15 is 0 Å². The fraction of sp³-hybridized carbons (Fsp3) is 0.0769. The Morgan fingerprint density at radius 3 is 2.75 bits per heavy atom. The van der Waals surface area contributed by atoms with Crippen LogP contribution in [0.2, 0.25) is 0 Å². The number of carbonyl (C=O) groups excluding carboxylic acids is 1. The summed E-state index contributed by atoms with van der Waals surface area (Å²) in [5, 5.41) is 20.9. The molecule has 7 heteroatoms. The van der Waals surface area contributed by atoms with Gasteiger partial charge in [-0.15, -0.1) is 0 Å². The van der Waals surface area contributed by atoms with Crippen molar-refractivity contribution in [3.63, 3.8) is 0 Å². The van der Waals surface area contributed by atoms with E-state index in [9.17, 15) is 9.59 Å². The molecule has 1 aromatic heterocycles. The summed E-state index contributed by atoms with van der Waals surface area (Å²) in [6.07, 6.45) is 0. The molecule has 0 saturated carbocycles. The van der Waals surface area contributed by atoms with Gasteiger partial charge in [0.05, 0.1) is 11.6 Å². The molecule has 0 bridgehead atoms. The van der Waals surface area contributed by atoms with Gasteiger partial charge in [-0.25, -0.2) is 4.79 Å². The lowest BCUT2D eigenvalue weighted by molar-refractivity contribution is 0.0651. The zero-order chi connectivity index (χ0) is 14.7. The highest BCUT2D eigenvalue weighted by atomic mass is 16.5. The van der Waals surface area contributed by atoms with Crippen LogP contribution in [0.3, 0.4) is 0 Å². The van der Waals surface area contributed by atoms with Crippen molar-refractivity contribution in [3.05, 3.63) is 47.3 Å². The average molecular weight is 271 g/mol. The predicted octanol–water partition coefficient (Wildman–Crippen LogP) is 1.52. The Kier molecular flexibility index (Phi) is 3.48. The molecule has 1 N–H and O–H groups in total. The summed E-state index contributed by atoms with van der Waals surface area (Å²) >= 11 is 0. The van der Waals surface area contributed by atoms with Gasteiger partial charge in [0.1, 0.15) is 0 Å². The van der Waals surface area contributed by atoms with E-state index in [1.54, 1.807) is 18.2 Å². The summed E-state index contributed by atoms with van der Waals surface area (Å²) in [4.78, 5) is 24.0. The van der Waals surface area contributed by atoms with E-state index in [4.69, 9.17) is 10.4 Å². The molecule has 100 valence electrons. The van der Waals surface area contributed by atoms with E-state index in [2.05, 4.69) is 9.68 Å². The molecule has 0 saturated heterocycles. The van der Waals surface area contributed by atoms with Crippen molar-refractivity contribution in [3.8, 4) is 6.07 Å². The van der Waals surface area contributed by atoms with Crippen LogP contribution in [0.5, 0.6) is 0 Å². The number of aromatic carboxylic acids is 1. The molecule has 0 aliphatic heterocycles. The molecule has 1 aromatic carbocycles. The topological polar surface area (TPSA) is 107 Å². The Bertz CT molecular complexity index is 714. The first-order valence-corrected chi connectivity index (χ1v) is 5.51. The van der Waals surface area contributed by atoms with Gasteiger partial charge in [-0.05, 0) is 18.2 Å². The number of aromatic nitrogens is 1. The zero-order valence-electron chi connectivity index (χ0n) is 10.4. The first kappa shape index (κ1) is 13.3. The van der Waals surface area contributed by atoms with Gasteiger partial charge in [0.25, 0.3) is 5.91 Å². The van der Waals surface area contributed by atoms with Crippen molar-refractivity contribution < 1.29 is 19.2 Å². The third-order valence-electron chi connectivity index (χ3n) is 2.61. The standard InChI is InChI=1S/C13H9N3O4/c1-16(9-4-2-3-8(5-9)7-14)12(17)10-6-11(13(18)19)20-15-10/h2-6H,1H3,(H,18,19). The molecule has 0 atom stereocenters. The highest BCUT2D eigenvalue weighted by Crippen LogP contribution is 2.17. The van der Waals surface area contributed by atoms with Gasteiger partial charge in [-0.2, -0.15) is 5.26 Å². The number of rotatable bonds is 3. The summed E-state index contributed by atoms with van der Waals surface area (Å²) < 4.78 is 4.53. The van der Waals surface area contributed by atoms with Crippen molar-refractivity contribution >= 4 is 17.6 Å². The third kappa shape index (κ3) is 2.49. The SMILES string of the molecule is CN(C(=O)c1cc(C(=O)O)on1)c1cccc(C#N)c1. The minimum atomic E-state index is -1.30. The van der Waals surface area contributed by atoms with Gasteiger partial charge >= 0.3 is 5.97 Å². The predicted molar refractivity (Wildman–Crippen MR) is 67.4 cm³/mol. The molecular weight excluding hydrogens is 262 g/mol. The number of carbonyl (C=O) groups is 2. The minimum Gasteiger partial charge on any atom is -0.475 e. The number of benzene rings is 1. The second-order valence-corrected chi connectivity index (χ2v) is 3.91. The molecule has 0 radical (unpaired) electrons. The molecular formula is C13H9N3O4. The van der Waals surface area contributed by atoms with Gasteiger partial charge in [0.2, 0.25) is 5.76 Å². The highest BCUT2D eigenvalue weighted by molar-refractivity contribution is 6.05. The third-order valence-corrected chi connectivity index (χ3v) is 2.61. The number of hydrogen-bond donors (Lipinski definition) is 1. The van der Waals surface area contributed by atoms with E-state index in [-0.39, 0.29) is 5.69 Å². The van der Waals surface area contributed by atoms with Crippen molar-refractivity contribution in [1.29, 1.82) is 5.26 Å².